The Kier molecular flexibility index (Phi) is 4.21. The molecule has 1 atom stereocenters. The van der Waals surface area contributed by atoms with Crippen LogP contribution in [0.1, 0.15) is 31.4 Å². The lowest BCUT2D eigenvalue weighted by molar-refractivity contribution is 0.176. The molecule has 0 radical (unpaired) electrons. The Balaban J connectivity index is 1.84. The molecule has 1 saturated heterocycles. The summed E-state index contributed by atoms with van der Waals surface area (Å²) in [7, 11) is 0. The predicted molar refractivity (Wildman–Crippen MR) is 71.2 cm³/mol. The van der Waals surface area contributed by atoms with Crippen molar-refractivity contribution in [3.63, 3.8) is 0 Å². The molecule has 2 amide bonds. The maximum atomic E-state index is 12.0. The highest BCUT2D eigenvalue weighted by molar-refractivity contribution is 7.07. The Labute approximate surface area is 111 Å². The number of urea groups is 1. The molecule has 18 heavy (non-hydrogen) atoms. The first-order valence-corrected chi connectivity index (χ1v) is 7.12. The van der Waals surface area contributed by atoms with E-state index in [-0.39, 0.29) is 18.0 Å². The lowest BCUT2D eigenvalue weighted by atomic mass is 9.99. The van der Waals surface area contributed by atoms with Crippen molar-refractivity contribution in [2.45, 2.75) is 25.8 Å². The maximum absolute atomic E-state index is 12.0. The van der Waals surface area contributed by atoms with E-state index in [1.807, 2.05) is 23.8 Å². The Morgan fingerprint density at radius 1 is 1.61 bits per heavy atom. The molecule has 4 nitrogen and oxygen atoms in total. The number of hydrogen-bond acceptors (Lipinski definition) is 3. The third kappa shape index (κ3) is 3.02. The van der Waals surface area contributed by atoms with Crippen LogP contribution in [0.2, 0.25) is 0 Å². The Bertz CT molecular complexity index is 430. The monoisotopic (exact) mass is 263 g/mol. The lowest BCUT2D eigenvalue weighted by Gasteiger charge is -2.30. The molecule has 96 valence electrons. The summed E-state index contributed by atoms with van der Waals surface area (Å²) in [5, 5.41) is 15.9. The standard InChI is InChI=1S/C13H17N3OS/c1-10(12-4-7-18-9-12)15-13(17)16-5-2-11(8-14)3-6-16/h4,7,9-11H,2-3,5-6H2,1H3,(H,15,17). The van der Waals surface area contributed by atoms with Gasteiger partial charge in [-0.15, -0.1) is 0 Å². The molecule has 1 aromatic heterocycles. The van der Waals surface area contributed by atoms with Crippen molar-refractivity contribution in [1.82, 2.24) is 10.2 Å². The molecule has 2 rings (SSSR count). The summed E-state index contributed by atoms with van der Waals surface area (Å²) in [6, 6.07) is 4.31. The van der Waals surface area contributed by atoms with E-state index in [0.29, 0.717) is 13.1 Å². The normalized spacial score (nSPS) is 18.1. The van der Waals surface area contributed by atoms with Crippen LogP contribution in [0.25, 0.3) is 0 Å². The van der Waals surface area contributed by atoms with Gasteiger partial charge in [0, 0.05) is 19.0 Å². The number of likely N-dealkylation sites (tertiary alicyclic amines) is 1. The number of hydrogen-bond donors (Lipinski definition) is 1. The Morgan fingerprint density at radius 2 is 2.33 bits per heavy atom. The van der Waals surface area contributed by atoms with Gasteiger partial charge in [-0.25, -0.2) is 4.79 Å². The van der Waals surface area contributed by atoms with Crippen LogP contribution in [0.3, 0.4) is 0 Å². The van der Waals surface area contributed by atoms with Gasteiger partial charge in [0.05, 0.1) is 12.1 Å². The maximum Gasteiger partial charge on any atom is 0.317 e. The minimum atomic E-state index is -0.0231. The van der Waals surface area contributed by atoms with Gasteiger partial charge in [-0.2, -0.15) is 16.6 Å². The highest BCUT2D eigenvalue weighted by Crippen LogP contribution is 2.18. The van der Waals surface area contributed by atoms with Gasteiger partial charge in [0.25, 0.3) is 0 Å². The van der Waals surface area contributed by atoms with Gasteiger partial charge in [0.15, 0.2) is 0 Å². The van der Waals surface area contributed by atoms with Crippen LogP contribution < -0.4 is 5.32 Å². The summed E-state index contributed by atoms with van der Waals surface area (Å²) in [5.41, 5.74) is 1.14. The van der Waals surface area contributed by atoms with Crippen molar-refractivity contribution in [2.24, 2.45) is 5.92 Å². The molecule has 0 bridgehead atoms. The van der Waals surface area contributed by atoms with Crippen molar-refractivity contribution in [1.29, 1.82) is 5.26 Å². The average molecular weight is 263 g/mol. The van der Waals surface area contributed by atoms with E-state index < -0.39 is 0 Å². The smallest absolute Gasteiger partial charge is 0.317 e. The van der Waals surface area contributed by atoms with Crippen molar-refractivity contribution < 1.29 is 4.79 Å². The SMILES string of the molecule is CC(NC(=O)N1CCC(C#N)CC1)c1ccsc1. The summed E-state index contributed by atoms with van der Waals surface area (Å²) < 4.78 is 0. The Morgan fingerprint density at radius 3 is 2.89 bits per heavy atom. The highest BCUT2D eigenvalue weighted by atomic mass is 32.1. The largest absolute Gasteiger partial charge is 0.331 e. The molecule has 0 aromatic carbocycles. The Hall–Kier alpha value is -1.54. The summed E-state index contributed by atoms with van der Waals surface area (Å²) >= 11 is 1.63. The van der Waals surface area contributed by atoms with Gasteiger partial charge < -0.3 is 10.2 Å². The van der Waals surface area contributed by atoms with Gasteiger partial charge >= 0.3 is 6.03 Å². The van der Waals surface area contributed by atoms with Crippen LogP contribution in [-0.4, -0.2) is 24.0 Å². The van der Waals surface area contributed by atoms with Crippen LogP contribution >= 0.6 is 11.3 Å². The van der Waals surface area contributed by atoms with Gasteiger partial charge in [-0.05, 0) is 42.2 Å². The number of carbonyl (C=O) groups excluding carboxylic acids is 1. The van der Waals surface area contributed by atoms with Crippen LogP contribution in [0.15, 0.2) is 16.8 Å². The van der Waals surface area contributed by atoms with Gasteiger partial charge in [0.2, 0.25) is 0 Å². The van der Waals surface area contributed by atoms with E-state index in [9.17, 15) is 4.79 Å². The highest BCUT2D eigenvalue weighted by Gasteiger charge is 2.23. The molecule has 0 saturated carbocycles. The molecular weight excluding hydrogens is 246 g/mol. The lowest BCUT2D eigenvalue weighted by Crippen LogP contribution is -2.45. The van der Waals surface area contributed by atoms with Gasteiger partial charge in [-0.3, -0.25) is 0 Å². The summed E-state index contributed by atoms with van der Waals surface area (Å²) in [4.78, 5) is 13.8. The first kappa shape index (κ1) is 12.9. The first-order valence-electron chi connectivity index (χ1n) is 6.18. The molecule has 5 heteroatoms. The molecule has 1 aliphatic rings. The predicted octanol–water partition coefficient (Wildman–Crippen LogP) is 2.75. The molecular formula is C13H17N3OS. The van der Waals surface area contributed by atoms with E-state index in [0.717, 1.165) is 18.4 Å². The molecule has 0 aliphatic carbocycles. The quantitative estimate of drug-likeness (QED) is 0.892. The van der Waals surface area contributed by atoms with Crippen LogP contribution in [0, 0.1) is 17.2 Å². The molecule has 1 aromatic rings. The topological polar surface area (TPSA) is 56.1 Å². The van der Waals surface area contributed by atoms with Crippen molar-refractivity contribution in [2.75, 3.05) is 13.1 Å². The zero-order chi connectivity index (χ0) is 13.0. The number of nitriles is 1. The van der Waals surface area contributed by atoms with Crippen molar-refractivity contribution in [3.8, 4) is 6.07 Å². The first-order chi connectivity index (χ1) is 8.70. The van der Waals surface area contributed by atoms with Crippen LogP contribution in [-0.2, 0) is 0 Å². The number of amides is 2. The van der Waals surface area contributed by atoms with E-state index in [1.165, 1.54) is 0 Å². The van der Waals surface area contributed by atoms with E-state index >= 15 is 0 Å². The van der Waals surface area contributed by atoms with Crippen LogP contribution in [0.4, 0.5) is 4.79 Å². The molecule has 1 fully saturated rings. The number of piperidine rings is 1. The minimum Gasteiger partial charge on any atom is -0.331 e. The average Bonchev–Trinajstić information content (AvgIpc) is 2.92. The summed E-state index contributed by atoms with van der Waals surface area (Å²) in [6.07, 6.45) is 1.58. The fourth-order valence-corrected chi connectivity index (χ4v) is 2.85. The number of nitrogens with one attached hydrogen (secondary N) is 1. The molecule has 2 heterocycles. The molecule has 0 spiro atoms. The number of carbonyl (C=O) groups is 1. The van der Waals surface area contributed by atoms with Crippen molar-refractivity contribution in [3.05, 3.63) is 22.4 Å². The molecule has 1 N–H and O–H groups in total. The molecule has 1 unspecified atom stereocenters. The number of rotatable bonds is 2. The third-order valence-corrected chi connectivity index (χ3v) is 4.05. The van der Waals surface area contributed by atoms with E-state index in [4.69, 9.17) is 5.26 Å². The van der Waals surface area contributed by atoms with Gasteiger partial charge in [-0.1, -0.05) is 0 Å². The second-order valence-electron chi connectivity index (χ2n) is 4.62. The summed E-state index contributed by atoms with van der Waals surface area (Å²) in [5.74, 6) is 0.114. The fraction of sp³-hybridized carbons (Fsp3) is 0.538. The second-order valence-corrected chi connectivity index (χ2v) is 5.40. The number of nitrogens with zero attached hydrogens (tertiary/aromatic N) is 2. The third-order valence-electron chi connectivity index (χ3n) is 3.35. The zero-order valence-corrected chi connectivity index (χ0v) is 11.2. The van der Waals surface area contributed by atoms with E-state index in [1.54, 1.807) is 16.2 Å². The number of thiophene rings is 1. The van der Waals surface area contributed by atoms with Gasteiger partial charge in [0.1, 0.15) is 0 Å². The molecule has 1 aliphatic heterocycles. The van der Waals surface area contributed by atoms with Crippen LogP contribution in [0.5, 0.6) is 0 Å². The second kappa shape index (κ2) is 5.87. The van der Waals surface area contributed by atoms with Crippen molar-refractivity contribution >= 4 is 17.4 Å². The summed E-state index contributed by atoms with van der Waals surface area (Å²) in [6.45, 7) is 3.35. The van der Waals surface area contributed by atoms with E-state index in [2.05, 4.69) is 11.4 Å². The fourth-order valence-electron chi connectivity index (χ4n) is 2.09. The zero-order valence-electron chi connectivity index (χ0n) is 10.4. The minimum absolute atomic E-state index is 0.0231.